The maximum absolute atomic E-state index is 12.1. The Kier molecular flexibility index (Phi) is 15.5. The molecule has 0 fully saturated rings. The molecule has 0 aliphatic rings. The number of carbonyl (C=O) groups is 1. The number of aromatic nitrogens is 1. The van der Waals surface area contributed by atoms with Gasteiger partial charge in [0.25, 0.3) is 0 Å². The number of amides is 1. The average molecular weight is 473 g/mol. The Morgan fingerprint density at radius 3 is 2.11 bits per heavy atom. The van der Waals surface area contributed by atoms with Crippen LogP contribution in [0.3, 0.4) is 0 Å². The maximum atomic E-state index is 12.1. The summed E-state index contributed by atoms with van der Waals surface area (Å²) in [6.07, 6.45) is 35.3. The van der Waals surface area contributed by atoms with E-state index in [-0.39, 0.29) is 5.91 Å². The van der Waals surface area contributed by atoms with E-state index in [4.69, 9.17) is 0 Å². The second-order valence-corrected chi connectivity index (χ2v) is 8.77. The van der Waals surface area contributed by atoms with E-state index in [9.17, 15) is 4.79 Å². The molecule has 1 amide bonds. The Labute approximate surface area is 212 Å². The standard InChI is InChI=1S/C32H44N2O/c1-2-3-4-5-6-7-8-9-10-11-12-13-14-15-16-17-18-19-20-25-32(35)33-27-26-29-28-34-31-24-22-21-23-30(29)31/h3-4,6-7,9-10,12-13,15-16,21-24,28,34H,2,5,8,11,14,17-20,25-27H2,1H3,(H,33,35)/b4-3-,7-6-,10-9-,13-12-,16-15-. The molecule has 2 rings (SSSR count). The molecule has 0 atom stereocenters. The lowest BCUT2D eigenvalue weighted by Crippen LogP contribution is -2.25. The van der Waals surface area contributed by atoms with Crippen LogP contribution in [-0.4, -0.2) is 17.4 Å². The highest BCUT2D eigenvalue weighted by molar-refractivity contribution is 5.83. The second kappa shape index (κ2) is 19.3. The Hall–Kier alpha value is -3.07. The first-order chi connectivity index (χ1) is 17.3. The molecule has 188 valence electrons. The number of unbranched alkanes of at least 4 members (excludes halogenated alkanes) is 3. The highest BCUT2D eigenvalue weighted by Gasteiger charge is 2.04. The first-order valence-electron chi connectivity index (χ1n) is 13.4. The third kappa shape index (κ3) is 13.4. The van der Waals surface area contributed by atoms with Gasteiger partial charge in [-0.15, -0.1) is 0 Å². The smallest absolute Gasteiger partial charge is 0.220 e. The molecule has 3 heteroatoms. The van der Waals surface area contributed by atoms with Crippen LogP contribution in [0.1, 0.15) is 76.7 Å². The molecule has 2 aromatic rings. The van der Waals surface area contributed by atoms with Gasteiger partial charge in [0, 0.05) is 30.1 Å². The molecule has 0 unspecified atom stereocenters. The van der Waals surface area contributed by atoms with E-state index in [1.54, 1.807) is 0 Å². The lowest BCUT2D eigenvalue weighted by Gasteiger charge is -2.05. The fourth-order valence-electron chi connectivity index (χ4n) is 3.86. The number of hydrogen-bond acceptors (Lipinski definition) is 1. The van der Waals surface area contributed by atoms with Crippen molar-refractivity contribution in [2.75, 3.05) is 6.54 Å². The molecule has 3 nitrogen and oxygen atoms in total. The molecule has 0 spiro atoms. The maximum Gasteiger partial charge on any atom is 0.220 e. The van der Waals surface area contributed by atoms with E-state index >= 15 is 0 Å². The van der Waals surface area contributed by atoms with Crippen LogP contribution in [0.2, 0.25) is 0 Å². The van der Waals surface area contributed by atoms with Crippen molar-refractivity contribution < 1.29 is 4.79 Å². The number of H-pyrrole nitrogens is 1. The molecule has 1 aromatic carbocycles. The van der Waals surface area contributed by atoms with Crippen LogP contribution in [0, 0.1) is 0 Å². The minimum Gasteiger partial charge on any atom is -0.361 e. The monoisotopic (exact) mass is 472 g/mol. The van der Waals surface area contributed by atoms with Gasteiger partial charge >= 0.3 is 0 Å². The minimum absolute atomic E-state index is 0.166. The number of allylic oxidation sites excluding steroid dienone is 10. The van der Waals surface area contributed by atoms with Crippen LogP contribution in [0.15, 0.2) is 91.2 Å². The molecular formula is C32H44N2O. The molecule has 0 saturated carbocycles. The lowest BCUT2D eigenvalue weighted by molar-refractivity contribution is -0.121. The Bertz CT molecular complexity index is 974. The van der Waals surface area contributed by atoms with Crippen molar-refractivity contribution in [2.45, 2.75) is 77.6 Å². The third-order valence-electron chi connectivity index (χ3n) is 5.82. The van der Waals surface area contributed by atoms with E-state index in [1.807, 2.05) is 12.3 Å². The van der Waals surface area contributed by atoms with Crippen LogP contribution < -0.4 is 5.32 Å². The molecule has 35 heavy (non-hydrogen) atoms. The summed E-state index contributed by atoms with van der Waals surface area (Å²) in [7, 11) is 0. The molecule has 0 bridgehead atoms. The highest BCUT2D eigenvalue weighted by Crippen LogP contribution is 2.17. The molecule has 1 aromatic heterocycles. The van der Waals surface area contributed by atoms with Crippen molar-refractivity contribution in [1.29, 1.82) is 0 Å². The van der Waals surface area contributed by atoms with Gasteiger partial charge in [-0.1, -0.05) is 92.3 Å². The van der Waals surface area contributed by atoms with Gasteiger partial charge in [-0.3, -0.25) is 4.79 Å². The topological polar surface area (TPSA) is 44.9 Å². The van der Waals surface area contributed by atoms with E-state index in [0.29, 0.717) is 13.0 Å². The Morgan fingerprint density at radius 2 is 1.43 bits per heavy atom. The van der Waals surface area contributed by atoms with Gasteiger partial charge in [0.1, 0.15) is 0 Å². The molecule has 0 saturated heterocycles. The summed E-state index contributed by atoms with van der Waals surface area (Å²) in [4.78, 5) is 15.4. The van der Waals surface area contributed by atoms with Crippen molar-refractivity contribution in [3.05, 3.63) is 96.8 Å². The summed E-state index contributed by atoms with van der Waals surface area (Å²) < 4.78 is 0. The number of aromatic amines is 1. The van der Waals surface area contributed by atoms with Crippen molar-refractivity contribution in [1.82, 2.24) is 10.3 Å². The Balaban J connectivity index is 1.39. The highest BCUT2D eigenvalue weighted by atomic mass is 16.1. The zero-order chi connectivity index (χ0) is 24.8. The summed E-state index contributed by atoms with van der Waals surface area (Å²) in [6.45, 7) is 2.85. The summed E-state index contributed by atoms with van der Waals surface area (Å²) >= 11 is 0. The molecule has 0 aliphatic heterocycles. The zero-order valence-corrected chi connectivity index (χ0v) is 21.6. The van der Waals surface area contributed by atoms with Crippen molar-refractivity contribution in [3.63, 3.8) is 0 Å². The van der Waals surface area contributed by atoms with Gasteiger partial charge in [-0.2, -0.15) is 0 Å². The van der Waals surface area contributed by atoms with Gasteiger partial charge in [-0.05, 0) is 69.4 Å². The lowest BCUT2D eigenvalue weighted by atomic mass is 10.1. The SMILES string of the molecule is CC/C=C\C/C=C\C/C=C\C/C=C\C/C=C\CCCCCC(=O)NCCc1c[nH]c2ccccc12. The van der Waals surface area contributed by atoms with Gasteiger partial charge < -0.3 is 10.3 Å². The number of benzene rings is 1. The number of fused-ring (bicyclic) bond motifs is 1. The van der Waals surface area contributed by atoms with Gasteiger partial charge in [-0.25, -0.2) is 0 Å². The first-order valence-corrected chi connectivity index (χ1v) is 13.4. The summed E-state index contributed by atoms with van der Waals surface area (Å²) in [6, 6.07) is 8.29. The predicted octanol–water partition coefficient (Wildman–Crippen LogP) is 8.53. The zero-order valence-electron chi connectivity index (χ0n) is 21.6. The summed E-state index contributed by atoms with van der Waals surface area (Å²) in [5.41, 5.74) is 2.42. The Morgan fingerprint density at radius 1 is 0.800 bits per heavy atom. The molecule has 2 N–H and O–H groups in total. The predicted molar refractivity (Wildman–Crippen MR) is 153 cm³/mol. The van der Waals surface area contributed by atoms with Gasteiger partial charge in [0.2, 0.25) is 5.91 Å². The quantitative estimate of drug-likeness (QED) is 0.166. The third-order valence-corrected chi connectivity index (χ3v) is 5.82. The van der Waals surface area contributed by atoms with Crippen LogP contribution in [0.5, 0.6) is 0 Å². The first kappa shape index (κ1) is 28.2. The van der Waals surface area contributed by atoms with E-state index in [0.717, 1.165) is 69.7 Å². The molecule has 1 heterocycles. The molecule has 0 radical (unpaired) electrons. The van der Waals surface area contributed by atoms with E-state index in [2.05, 4.69) is 96.2 Å². The summed E-state index contributed by atoms with van der Waals surface area (Å²) in [5, 5.41) is 4.31. The van der Waals surface area contributed by atoms with Crippen molar-refractivity contribution in [2.24, 2.45) is 0 Å². The summed E-state index contributed by atoms with van der Waals surface area (Å²) in [5.74, 6) is 0.166. The van der Waals surface area contributed by atoms with Crippen LogP contribution in [-0.2, 0) is 11.2 Å². The minimum atomic E-state index is 0.166. The fourth-order valence-corrected chi connectivity index (χ4v) is 3.86. The number of carbonyl (C=O) groups excluding carboxylic acids is 1. The van der Waals surface area contributed by atoms with E-state index < -0.39 is 0 Å². The number of para-hydroxylation sites is 1. The van der Waals surface area contributed by atoms with Crippen LogP contribution in [0.4, 0.5) is 0 Å². The normalized spacial score (nSPS) is 12.5. The fraction of sp³-hybridized carbons (Fsp3) is 0.406. The second-order valence-electron chi connectivity index (χ2n) is 8.77. The molecule has 0 aliphatic carbocycles. The van der Waals surface area contributed by atoms with Crippen molar-refractivity contribution in [3.8, 4) is 0 Å². The van der Waals surface area contributed by atoms with Crippen LogP contribution >= 0.6 is 0 Å². The largest absolute Gasteiger partial charge is 0.361 e. The molecular weight excluding hydrogens is 428 g/mol. The van der Waals surface area contributed by atoms with Gasteiger partial charge in [0.05, 0.1) is 0 Å². The number of hydrogen-bond donors (Lipinski definition) is 2. The van der Waals surface area contributed by atoms with Crippen LogP contribution in [0.25, 0.3) is 10.9 Å². The van der Waals surface area contributed by atoms with Crippen molar-refractivity contribution >= 4 is 16.8 Å². The number of nitrogens with one attached hydrogen (secondary N) is 2. The number of rotatable bonds is 18. The van der Waals surface area contributed by atoms with Gasteiger partial charge in [0.15, 0.2) is 0 Å². The van der Waals surface area contributed by atoms with E-state index in [1.165, 1.54) is 10.9 Å². The average Bonchev–Trinajstić information content (AvgIpc) is 3.28.